The molecule has 1 aliphatic carbocycles. The Hall–Kier alpha value is -2.95. The molecule has 1 saturated carbocycles. The Kier molecular flexibility index (Phi) is 6.74. The van der Waals surface area contributed by atoms with E-state index in [1.807, 2.05) is 30.3 Å². The second-order valence-electron chi connectivity index (χ2n) is 6.77. The van der Waals surface area contributed by atoms with Crippen LogP contribution in [0.15, 0.2) is 60.9 Å². The number of hydrogen-bond acceptors (Lipinski definition) is 3. The largest absolute Gasteiger partial charge is 0.356 e. The lowest BCUT2D eigenvalue weighted by molar-refractivity contribution is -0.122. The van der Waals surface area contributed by atoms with Gasteiger partial charge >= 0.3 is 0 Å². The average Bonchev–Trinajstić information content (AvgIpc) is 3.51. The van der Waals surface area contributed by atoms with Gasteiger partial charge in [0.05, 0.1) is 0 Å². The van der Waals surface area contributed by atoms with E-state index in [1.54, 1.807) is 18.5 Å². The minimum atomic E-state index is -0.119. The van der Waals surface area contributed by atoms with Crippen molar-refractivity contribution >= 4 is 17.9 Å². The molecule has 1 fully saturated rings. The molecular weight excluding hydrogens is 338 g/mol. The number of carbonyl (C=O) groups is 2. The number of hydrogen-bond donors (Lipinski definition) is 2. The zero-order valence-electron chi connectivity index (χ0n) is 15.3. The van der Waals surface area contributed by atoms with E-state index < -0.39 is 0 Å². The van der Waals surface area contributed by atoms with Crippen molar-refractivity contribution in [3.05, 3.63) is 72.1 Å². The second-order valence-corrected chi connectivity index (χ2v) is 6.77. The lowest BCUT2D eigenvalue weighted by Crippen LogP contribution is -2.28. The fourth-order valence-electron chi connectivity index (χ4n) is 3.06. The van der Waals surface area contributed by atoms with Crippen molar-refractivity contribution in [1.29, 1.82) is 0 Å². The molecule has 2 amide bonds. The summed E-state index contributed by atoms with van der Waals surface area (Å²) in [6, 6.07) is 13.9. The van der Waals surface area contributed by atoms with Crippen molar-refractivity contribution in [3.8, 4) is 0 Å². The lowest BCUT2D eigenvalue weighted by Gasteiger charge is -2.06. The van der Waals surface area contributed by atoms with Crippen molar-refractivity contribution in [1.82, 2.24) is 15.6 Å². The topological polar surface area (TPSA) is 71.1 Å². The van der Waals surface area contributed by atoms with E-state index in [4.69, 9.17) is 0 Å². The molecule has 2 N–H and O–H groups in total. The van der Waals surface area contributed by atoms with E-state index in [-0.39, 0.29) is 17.7 Å². The highest BCUT2D eigenvalue weighted by Crippen LogP contribution is 2.47. The Morgan fingerprint density at radius 2 is 1.81 bits per heavy atom. The van der Waals surface area contributed by atoms with Gasteiger partial charge in [-0.15, -0.1) is 0 Å². The van der Waals surface area contributed by atoms with E-state index in [1.165, 1.54) is 11.6 Å². The Labute approximate surface area is 159 Å². The number of benzene rings is 1. The van der Waals surface area contributed by atoms with Gasteiger partial charge in [-0.3, -0.25) is 14.6 Å². The first-order chi connectivity index (χ1) is 13.2. The molecule has 2 atom stereocenters. The Bertz CT molecular complexity index is 775. The van der Waals surface area contributed by atoms with Gasteiger partial charge in [0.1, 0.15) is 0 Å². The number of rotatable bonds is 9. The van der Waals surface area contributed by atoms with Crippen LogP contribution in [0.1, 0.15) is 36.3 Å². The molecule has 0 aliphatic heterocycles. The van der Waals surface area contributed by atoms with Crippen LogP contribution in [0, 0.1) is 5.92 Å². The molecule has 0 bridgehead atoms. The molecule has 1 aromatic carbocycles. The number of unbranched alkanes of at least 4 members (excludes halogenated alkanes) is 1. The molecule has 5 nitrogen and oxygen atoms in total. The summed E-state index contributed by atoms with van der Waals surface area (Å²) in [5, 5.41) is 5.85. The first-order valence-electron chi connectivity index (χ1n) is 9.42. The van der Waals surface area contributed by atoms with Gasteiger partial charge in [-0.1, -0.05) is 36.4 Å². The van der Waals surface area contributed by atoms with Gasteiger partial charge in [0.25, 0.3) is 0 Å². The van der Waals surface area contributed by atoms with Crippen LogP contribution >= 0.6 is 0 Å². The van der Waals surface area contributed by atoms with Gasteiger partial charge in [0.15, 0.2) is 0 Å². The van der Waals surface area contributed by atoms with Crippen LogP contribution in [-0.2, 0) is 9.59 Å². The highest BCUT2D eigenvalue weighted by atomic mass is 16.2. The summed E-state index contributed by atoms with van der Waals surface area (Å²) in [6.45, 7) is 1.25. The molecule has 5 heteroatoms. The van der Waals surface area contributed by atoms with Crippen LogP contribution in [0.3, 0.4) is 0 Å². The summed E-state index contributed by atoms with van der Waals surface area (Å²) in [6.07, 6.45) is 9.27. The maximum atomic E-state index is 12.2. The van der Waals surface area contributed by atoms with Crippen LogP contribution in [0.4, 0.5) is 0 Å². The number of amides is 2. The molecule has 0 radical (unpaired) electrons. The zero-order valence-corrected chi connectivity index (χ0v) is 15.3. The van der Waals surface area contributed by atoms with Crippen LogP contribution in [0.2, 0.25) is 0 Å². The van der Waals surface area contributed by atoms with E-state index in [0.29, 0.717) is 19.0 Å². The Morgan fingerprint density at radius 3 is 2.56 bits per heavy atom. The molecule has 2 unspecified atom stereocenters. The summed E-state index contributed by atoms with van der Waals surface area (Å²) >= 11 is 0. The van der Waals surface area contributed by atoms with Gasteiger partial charge < -0.3 is 10.6 Å². The Morgan fingerprint density at radius 1 is 1.04 bits per heavy atom. The summed E-state index contributed by atoms with van der Waals surface area (Å²) < 4.78 is 0. The predicted octanol–water partition coefficient (Wildman–Crippen LogP) is 2.91. The summed E-state index contributed by atoms with van der Waals surface area (Å²) in [7, 11) is 0. The van der Waals surface area contributed by atoms with E-state index in [0.717, 1.165) is 24.8 Å². The molecule has 0 saturated heterocycles. The summed E-state index contributed by atoms with van der Waals surface area (Å²) in [4.78, 5) is 27.9. The smallest absolute Gasteiger partial charge is 0.243 e. The standard InChI is InChI=1S/C22H25N3O2/c26-21(11-10-17-7-6-12-23-16-17)24-13-4-5-14-25-22(27)20-15-19(20)18-8-2-1-3-9-18/h1-3,6-12,16,19-20H,4-5,13-15H2,(H,24,26)(H,25,27)/b11-10-. The normalized spacial score (nSPS) is 18.2. The van der Waals surface area contributed by atoms with Gasteiger partial charge in [0.2, 0.25) is 11.8 Å². The third kappa shape index (κ3) is 6.06. The van der Waals surface area contributed by atoms with Crippen LogP contribution < -0.4 is 10.6 Å². The van der Waals surface area contributed by atoms with Crippen LogP contribution in [0.25, 0.3) is 6.08 Å². The number of carbonyl (C=O) groups excluding carboxylic acids is 2. The molecule has 27 heavy (non-hydrogen) atoms. The maximum absolute atomic E-state index is 12.2. The van der Waals surface area contributed by atoms with Gasteiger partial charge in [0, 0.05) is 37.5 Å². The Balaban J connectivity index is 1.24. The van der Waals surface area contributed by atoms with Crippen LogP contribution in [0.5, 0.6) is 0 Å². The average molecular weight is 363 g/mol. The molecule has 140 valence electrons. The molecular formula is C22H25N3O2. The minimum Gasteiger partial charge on any atom is -0.356 e. The predicted molar refractivity (Wildman–Crippen MR) is 106 cm³/mol. The zero-order chi connectivity index (χ0) is 18.9. The fraction of sp³-hybridized carbons (Fsp3) is 0.318. The van der Waals surface area contributed by atoms with E-state index >= 15 is 0 Å². The highest BCUT2D eigenvalue weighted by molar-refractivity contribution is 5.91. The number of aromatic nitrogens is 1. The van der Waals surface area contributed by atoms with Gasteiger partial charge in [-0.25, -0.2) is 0 Å². The number of pyridine rings is 1. The SMILES string of the molecule is O=C(/C=C\c1cccnc1)NCCCCNC(=O)C1CC1c1ccccc1. The third-order valence-corrected chi connectivity index (χ3v) is 4.67. The second kappa shape index (κ2) is 9.67. The first kappa shape index (κ1) is 18.8. The molecule has 1 aromatic heterocycles. The maximum Gasteiger partial charge on any atom is 0.243 e. The summed E-state index contributed by atoms with van der Waals surface area (Å²) in [5.41, 5.74) is 2.14. The number of nitrogens with one attached hydrogen (secondary N) is 2. The van der Waals surface area contributed by atoms with Gasteiger partial charge in [-0.2, -0.15) is 0 Å². The molecule has 2 aromatic rings. The minimum absolute atomic E-state index is 0.115. The highest BCUT2D eigenvalue weighted by Gasteiger charge is 2.43. The monoisotopic (exact) mass is 363 g/mol. The first-order valence-corrected chi connectivity index (χ1v) is 9.42. The van der Waals surface area contributed by atoms with Gasteiger partial charge in [-0.05, 0) is 48.4 Å². The molecule has 0 spiro atoms. The summed E-state index contributed by atoms with van der Waals surface area (Å²) in [5.74, 6) is 0.515. The third-order valence-electron chi connectivity index (χ3n) is 4.67. The molecule has 1 aliphatic rings. The fourth-order valence-corrected chi connectivity index (χ4v) is 3.06. The van der Waals surface area contributed by atoms with Crippen molar-refractivity contribution in [3.63, 3.8) is 0 Å². The van der Waals surface area contributed by atoms with Crippen molar-refractivity contribution in [2.24, 2.45) is 5.92 Å². The van der Waals surface area contributed by atoms with Crippen LogP contribution in [-0.4, -0.2) is 29.9 Å². The van der Waals surface area contributed by atoms with Crippen molar-refractivity contribution < 1.29 is 9.59 Å². The number of nitrogens with zero attached hydrogens (tertiary/aromatic N) is 1. The van der Waals surface area contributed by atoms with E-state index in [9.17, 15) is 9.59 Å². The van der Waals surface area contributed by atoms with Crippen molar-refractivity contribution in [2.45, 2.75) is 25.2 Å². The molecule has 1 heterocycles. The quantitative estimate of drug-likeness (QED) is 0.532. The molecule has 3 rings (SSSR count). The lowest BCUT2D eigenvalue weighted by atomic mass is 10.1. The van der Waals surface area contributed by atoms with Crippen molar-refractivity contribution in [2.75, 3.05) is 13.1 Å². The van der Waals surface area contributed by atoms with E-state index in [2.05, 4.69) is 27.8 Å².